The van der Waals surface area contributed by atoms with Crippen LogP contribution in [-0.2, 0) is 6.42 Å². The molecule has 0 aliphatic rings. The molecule has 0 radical (unpaired) electrons. The van der Waals surface area contributed by atoms with Crippen molar-refractivity contribution in [3.8, 4) is 0 Å². The zero-order valence-electron chi connectivity index (χ0n) is 7.67. The van der Waals surface area contributed by atoms with Crippen molar-refractivity contribution < 1.29 is 5.11 Å². The van der Waals surface area contributed by atoms with Crippen molar-refractivity contribution in [2.24, 2.45) is 0 Å². The molecule has 1 N–H and O–H groups in total. The standard InChI is InChI=1S/C9H10N2OS2/c1-2-8-11-7(4-14-8)9(12)6-3-13-5-10-6/h3-5,9,12H,2H2,1H3. The zero-order valence-corrected chi connectivity index (χ0v) is 9.31. The molecule has 0 fully saturated rings. The molecule has 0 saturated heterocycles. The predicted molar refractivity (Wildman–Crippen MR) is 57.7 cm³/mol. The Labute approximate surface area is 90.1 Å². The van der Waals surface area contributed by atoms with Gasteiger partial charge in [0.15, 0.2) is 0 Å². The molecule has 0 saturated carbocycles. The lowest BCUT2D eigenvalue weighted by atomic mass is 10.2. The Balaban J connectivity index is 2.23. The first-order chi connectivity index (χ1) is 6.81. The summed E-state index contributed by atoms with van der Waals surface area (Å²) in [5.41, 5.74) is 3.10. The number of hydrogen-bond acceptors (Lipinski definition) is 5. The molecule has 1 atom stereocenters. The topological polar surface area (TPSA) is 46.0 Å². The van der Waals surface area contributed by atoms with Gasteiger partial charge in [0, 0.05) is 10.8 Å². The average molecular weight is 226 g/mol. The lowest BCUT2D eigenvalue weighted by Crippen LogP contribution is -2.00. The van der Waals surface area contributed by atoms with Gasteiger partial charge in [0.2, 0.25) is 0 Å². The van der Waals surface area contributed by atoms with E-state index in [1.165, 1.54) is 11.3 Å². The Hall–Kier alpha value is -0.780. The van der Waals surface area contributed by atoms with Gasteiger partial charge in [-0.3, -0.25) is 0 Å². The highest BCUT2D eigenvalue weighted by Crippen LogP contribution is 2.23. The molecule has 0 aromatic carbocycles. The van der Waals surface area contributed by atoms with Crippen LogP contribution in [0.1, 0.15) is 29.4 Å². The highest BCUT2D eigenvalue weighted by molar-refractivity contribution is 7.09. The minimum atomic E-state index is -0.669. The van der Waals surface area contributed by atoms with Crippen LogP contribution < -0.4 is 0 Å². The smallest absolute Gasteiger partial charge is 0.139 e. The summed E-state index contributed by atoms with van der Waals surface area (Å²) >= 11 is 3.06. The average Bonchev–Trinajstić information content (AvgIpc) is 2.88. The van der Waals surface area contributed by atoms with Gasteiger partial charge in [-0.15, -0.1) is 22.7 Å². The van der Waals surface area contributed by atoms with Gasteiger partial charge in [-0.1, -0.05) is 6.92 Å². The molecule has 0 aliphatic heterocycles. The summed E-state index contributed by atoms with van der Waals surface area (Å²) in [6.07, 6.45) is 0.242. The van der Waals surface area contributed by atoms with E-state index in [2.05, 4.69) is 16.9 Å². The van der Waals surface area contributed by atoms with E-state index in [0.29, 0.717) is 11.4 Å². The summed E-state index contributed by atoms with van der Waals surface area (Å²) in [6, 6.07) is 0. The van der Waals surface area contributed by atoms with Gasteiger partial charge in [-0.25, -0.2) is 9.97 Å². The van der Waals surface area contributed by atoms with E-state index in [0.717, 1.165) is 11.4 Å². The van der Waals surface area contributed by atoms with Gasteiger partial charge in [0.1, 0.15) is 6.10 Å². The predicted octanol–water partition coefficient (Wildman–Crippen LogP) is 2.24. The SMILES string of the molecule is CCc1nc(C(O)c2cscn2)cs1. The lowest BCUT2D eigenvalue weighted by molar-refractivity contribution is 0.211. The Kier molecular flexibility index (Phi) is 2.90. The number of rotatable bonds is 3. The van der Waals surface area contributed by atoms with Gasteiger partial charge >= 0.3 is 0 Å². The van der Waals surface area contributed by atoms with Crippen LogP contribution in [0.5, 0.6) is 0 Å². The van der Waals surface area contributed by atoms with Gasteiger partial charge < -0.3 is 5.11 Å². The minimum Gasteiger partial charge on any atom is -0.380 e. The molecular weight excluding hydrogens is 216 g/mol. The van der Waals surface area contributed by atoms with Crippen LogP contribution in [-0.4, -0.2) is 15.1 Å². The van der Waals surface area contributed by atoms with E-state index in [4.69, 9.17) is 0 Å². The Bertz CT molecular complexity index is 397. The van der Waals surface area contributed by atoms with Gasteiger partial charge in [-0.2, -0.15) is 0 Å². The molecule has 14 heavy (non-hydrogen) atoms. The van der Waals surface area contributed by atoms with Crippen LogP contribution in [0.15, 0.2) is 16.3 Å². The molecule has 2 heterocycles. The molecule has 5 heteroatoms. The largest absolute Gasteiger partial charge is 0.380 e. The number of aromatic nitrogens is 2. The summed E-state index contributed by atoms with van der Waals surface area (Å²) in [6.45, 7) is 2.05. The van der Waals surface area contributed by atoms with E-state index in [1.54, 1.807) is 16.8 Å². The molecule has 74 valence electrons. The molecule has 2 aromatic heterocycles. The van der Waals surface area contributed by atoms with Crippen LogP contribution in [0.4, 0.5) is 0 Å². The van der Waals surface area contributed by atoms with Crippen LogP contribution in [0, 0.1) is 0 Å². The normalized spacial score (nSPS) is 13.0. The van der Waals surface area contributed by atoms with Crippen LogP contribution in [0.25, 0.3) is 0 Å². The van der Waals surface area contributed by atoms with E-state index < -0.39 is 6.10 Å². The van der Waals surface area contributed by atoms with Crippen molar-refractivity contribution in [1.82, 2.24) is 9.97 Å². The van der Waals surface area contributed by atoms with Crippen LogP contribution in [0.3, 0.4) is 0 Å². The number of hydrogen-bond donors (Lipinski definition) is 1. The maximum atomic E-state index is 9.88. The Morgan fingerprint density at radius 2 is 2.29 bits per heavy atom. The zero-order chi connectivity index (χ0) is 9.97. The molecule has 2 aromatic rings. The summed E-state index contributed by atoms with van der Waals surface area (Å²) in [5.74, 6) is 0. The fraction of sp³-hybridized carbons (Fsp3) is 0.333. The number of aliphatic hydroxyl groups excluding tert-OH is 1. The number of aryl methyl sites for hydroxylation is 1. The van der Waals surface area contributed by atoms with Crippen molar-refractivity contribution in [1.29, 1.82) is 0 Å². The Morgan fingerprint density at radius 3 is 2.86 bits per heavy atom. The fourth-order valence-electron chi connectivity index (χ4n) is 1.12. The summed E-state index contributed by atoms with van der Waals surface area (Å²) in [4.78, 5) is 8.38. The third kappa shape index (κ3) is 1.84. The van der Waals surface area contributed by atoms with Gasteiger partial charge in [0.25, 0.3) is 0 Å². The van der Waals surface area contributed by atoms with E-state index >= 15 is 0 Å². The van der Waals surface area contributed by atoms with Crippen LogP contribution >= 0.6 is 22.7 Å². The fourth-order valence-corrected chi connectivity index (χ4v) is 2.46. The van der Waals surface area contributed by atoms with Gasteiger partial charge in [-0.05, 0) is 6.42 Å². The van der Waals surface area contributed by atoms with E-state index in [-0.39, 0.29) is 0 Å². The molecule has 3 nitrogen and oxygen atoms in total. The van der Waals surface area contributed by atoms with E-state index in [1.807, 2.05) is 10.8 Å². The second-order valence-electron chi connectivity index (χ2n) is 2.84. The quantitative estimate of drug-likeness (QED) is 0.873. The van der Waals surface area contributed by atoms with E-state index in [9.17, 15) is 5.11 Å². The monoisotopic (exact) mass is 226 g/mol. The highest BCUT2D eigenvalue weighted by Gasteiger charge is 2.15. The highest BCUT2D eigenvalue weighted by atomic mass is 32.1. The third-order valence-electron chi connectivity index (χ3n) is 1.88. The molecule has 2 rings (SSSR count). The second kappa shape index (κ2) is 4.16. The van der Waals surface area contributed by atoms with Gasteiger partial charge in [0.05, 0.1) is 21.9 Å². The van der Waals surface area contributed by atoms with Crippen molar-refractivity contribution in [2.45, 2.75) is 19.4 Å². The minimum absolute atomic E-state index is 0.669. The second-order valence-corrected chi connectivity index (χ2v) is 4.50. The van der Waals surface area contributed by atoms with Crippen molar-refractivity contribution >= 4 is 22.7 Å². The maximum Gasteiger partial charge on any atom is 0.139 e. The van der Waals surface area contributed by atoms with Crippen molar-refractivity contribution in [3.63, 3.8) is 0 Å². The number of thiazole rings is 2. The summed E-state index contributed by atoms with van der Waals surface area (Å²) in [5, 5.41) is 14.7. The molecular formula is C9H10N2OS2. The molecule has 0 amide bonds. The molecule has 0 aliphatic carbocycles. The number of aliphatic hydroxyl groups is 1. The lowest BCUT2D eigenvalue weighted by Gasteiger charge is -2.02. The van der Waals surface area contributed by atoms with Crippen molar-refractivity contribution in [2.75, 3.05) is 0 Å². The van der Waals surface area contributed by atoms with Crippen molar-refractivity contribution in [3.05, 3.63) is 32.7 Å². The first-order valence-electron chi connectivity index (χ1n) is 4.31. The Morgan fingerprint density at radius 1 is 1.43 bits per heavy atom. The first-order valence-corrected chi connectivity index (χ1v) is 6.14. The molecule has 0 bridgehead atoms. The maximum absolute atomic E-state index is 9.88. The summed E-state index contributed by atoms with van der Waals surface area (Å²) in [7, 11) is 0. The molecule has 0 spiro atoms. The summed E-state index contributed by atoms with van der Waals surface area (Å²) < 4.78 is 0. The number of nitrogens with zero attached hydrogens (tertiary/aromatic N) is 2. The third-order valence-corrected chi connectivity index (χ3v) is 3.50. The first kappa shape index (κ1) is 9.76. The molecule has 1 unspecified atom stereocenters. The van der Waals surface area contributed by atoms with Crippen LogP contribution in [0.2, 0.25) is 0 Å².